The van der Waals surface area contributed by atoms with E-state index in [1.807, 2.05) is 13.0 Å². The summed E-state index contributed by atoms with van der Waals surface area (Å²) < 4.78 is 29.4. The van der Waals surface area contributed by atoms with Gasteiger partial charge in [-0.25, -0.2) is 13.4 Å². The van der Waals surface area contributed by atoms with Crippen LogP contribution in [0.4, 0.5) is 23.0 Å². The number of nitrogens with one attached hydrogen (secondary N) is 2. The predicted octanol–water partition coefficient (Wildman–Crippen LogP) is 2.16. The normalized spacial score (nSPS) is 19.6. The standard InChI is InChI=1S/C22H29N5O4S/c1-14-22(28)26(2)18-6-8-20(25-21(18)27(14)15-9-11-23-12-10-15)24-17-13-16(32(4,29)30)5-7-19(17)31-3/h5-8,13-15,23H,9-12H2,1-4H3,(H,24,25)/t14-/m1/s1. The number of hydrogen-bond acceptors (Lipinski definition) is 8. The molecule has 1 amide bonds. The number of carbonyl (C=O) groups excluding carboxylic acids is 1. The largest absolute Gasteiger partial charge is 0.495 e. The molecule has 2 N–H and O–H groups in total. The van der Waals surface area contributed by atoms with E-state index in [1.165, 1.54) is 25.5 Å². The van der Waals surface area contributed by atoms with Gasteiger partial charge in [0.15, 0.2) is 15.7 Å². The molecule has 1 aromatic heterocycles. The van der Waals surface area contributed by atoms with Crippen LogP contribution in [0.25, 0.3) is 0 Å². The van der Waals surface area contributed by atoms with E-state index in [0.29, 0.717) is 17.3 Å². The minimum Gasteiger partial charge on any atom is -0.495 e. The molecule has 2 aromatic rings. The van der Waals surface area contributed by atoms with Crippen LogP contribution in [0, 0.1) is 0 Å². The van der Waals surface area contributed by atoms with Crippen molar-refractivity contribution in [1.82, 2.24) is 10.3 Å². The lowest BCUT2D eigenvalue weighted by Gasteiger charge is -2.45. The van der Waals surface area contributed by atoms with Crippen LogP contribution in [-0.2, 0) is 14.6 Å². The second-order valence-electron chi connectivity index (χ2n) is 8.26. The molecule has 9 nitrogen and oxygen atoms in total. The zero-order valence-electron chi connectivity index (χ0n) is 18.8. The number of ether oxygens (including phenoxy) is 1. The maximum atomic E-state index is 12.9. The highest BCUT2D eigenvalue weighted by molar-refractivity contribution is 7.90. The molecular weight excluding hydrogens is 430 g/mol. The molecule has 0 radical (unpaired) electrons. The van der Waals surface area contributed by atoms with Crippen molar-refractivity contribution in [1.29, 1.82) is 0 Å². The first-order valence-electron chi connectivity index (χ1n) is 10.6. The van der Waals surface area contributed by atoms with Gasteiger partial charge in [0.25, 0.3) is 0 Å². The van der Waals surface area contributed by atoms with Crippen molar-refractivity contribution in [3.05, 3.63) is 30.3 Å². The highest BCUT2D eigenvalue weighted by atomic mass is 32.2. The first-order valence-corrected chi connectivity index (χ1v) is 12.5. The number of sulfone groups is 1. The van der Waals surface area contributed by atoms with E-state index in [4.69, 9.17) is 9.72 Å². The van der Waals surface area contributed by atoms with E-state index in [1.54, 1.807) is 24.1 Å². The van der Waals surface area contributed by atoms with Crippen LogP contribution >= 0.6 is 0 Å². The summed E-state index contributed by atoms with van der Waals surface area (Å²) >= 11 is 0. The molecule has 1 aromatic carbocycles. The summed E-state index contributed by atoms with van der Waals surface area (Å²) in [6.07, 6.45) is 3.04. The molecule has 10 heteroatoms. The number of aromatic nitrogens is 1. The van der Waals surface area contributed by atoms with Crippen LogP contribution in [0.2, 0.25) is 0 Å². The summed E-state index contributed by atoms with van der Waals surface area (Å²) in [5.74, 6) is 1.84. The summed E-state index contributed by atoms with van der Waals surface area (Å²) in [4.78, 5) is 21.7. The number of nitrogens with zero attached hydrogens (tertiary/aromatic N) is 3. The van der Waals surface area contributed by atoms with Crippen molar-refractivity contribution in [2.75, 3.05) is 48.6 Å². The summed E-state index contributed by atoms with van der Waals surface area (Å²) in [5, 5.41) is 6.58. The molecule has 0 unspecified atom stereocenters. The Balaban J connectivity index is 1.74. The molecule has 2 aliphatic rings. The average Bonchev–Trinajstić information content (AvgIpc) is 2.78. The molecule has 2 aliphatic heterocycles. The number of piperidine rings is 1. The van der Waals surface area contributed by atoms with E-state index in [2.05, 4.69) is 15.5 Å². The zero-order chi connectivity index (χ0) is 23.0. The Kier molecular flexibility index (Phi) is 6.00. The highest BCUT2D eigenvalue weighted by Gasteiger charge is 2.38. The first kappa shape index (κ1) is 22.3. The van der Waals surface area contributed by atoms with Gasteiger partial charge in [-0.05, 0) is 63.2 Å². The van der Waals surface area contributed by atoms with Crippen molar-refractivity contribution < 1.29 is 17.9 Å². The van der Waals surface area contributed by atoms with Gasteiger partial charge >= 0.3 is 0 Å². The number of carbonyl (C=O) groups is 1. The molecule has 1 fully saturated rings. The molecule has 0 saturated carbocycles. The van der Waals surface area contributed by atoms with Crippen molar-refractivity contribution in [3.8, 4) is 5.75 Å². The van der Waals surface area contributed by atoms with Crippen molar-refractivity contribution in [2.45, 2.75) is 36.7 Å². The van der Waals surface area contributed by atoms with Gasteiger partial charge in [-0.2, -0.15) is 0 Å². The number of rotatable bonds is 5. The number of methoxy groups -OCH3 is 1. The van der Waals surface area contributed by atoms with Gasteiger partial charge in [-0.1, -0.05) is 0 Å². The summed E-state index contributed by atoms with van der Waals surface area (Å²) in [6.45, 7) is 3.73. The number of fused-ring (bicyclic) bond motifs is 1. The molecule has 172 valence electrons. The number of likely N-dealkylation sites (N-methyl/N-ethyl adjacent to an activating group) is 1. The van der Waals surface area contributed by atoms with Crippen LogP contribution in [0.1, 0.15) is 19.8 Å². The van der Waals surface area contributed by atoms with Gasteiger partial charge < -0.3 is 25.2 Å². The molecule has 32 heavy (non-hydrogen) atoms. The Morgan fingerprint density at radius 2 is 1.91 bits per heavy atom. The number of benzene rings is 1. The van der Waals surface area contributed by atoms with Crippen LogP contribution in [-0.4, -0.2) is 64.9 Å². The van der Waals surface area contributed by atoms with Gasteiger partial charge in [-0.3, -0.25) is 4.79 Å². The highest BCUT2D eigenvalue weighted by Crippen LogP contribution is 2.39. The number of amides is 1. The van der Waals surface area contributed by atoms with E-state index < -0.39 is 9.84 Å². The quantitative estimate of drug-likeness (QED) is 0.701. The molecule has 1 saturated heterocycles. The molecule has 0 aliphatic carbocycles. The maximum absolute atomic E-state index is 12.9. The van der Waals surface area contributed by atoms with Crippen molar-refractivity contribution in [3.63, 3.8) is 0 Å². The number of anilines is 4. The van der Waals surface area contributed by atoms with Gasteiger partial charge in [0.2, 0.25) is 5.91 Å². The monoisotopic (exact) mass is 459 g/mol. The maximum Gasteiger partial charge on any atom is 0.249 e. The Bertz CT molecular complexity index is 1130. The molecule has 1 atom stereocenters. The van der Waals surface area contributed by atoms with E-state index in [-0.39, 0.29) is 22.9 Å². The Labute approximate surface area is 188 Å². The van der Waals surface area contributed by atoms with Gasteiger partial charge in [0, 0.05) is 19.3 Å². The third-order valence-electron chi connectivity index (χ3n) is 6.13. The van der Waals surface area contributed by atoms with Gasteiger partial charge in [-0.15, -0.1) is 0 Å². The fourth-order valence-electron chi connectivity index (χ4n) is 4.39. The Morgan fingerprint density at radius 1 is 1.19 bits per heavy atom. The lowest BCUT2D eigenvalue weighted by Crippen LogP contribution is -2.56. The van der Waals surface area contributed by atoms with E-state index >= 15 is 0 Å². The summed E-state index contributed by atoms with van der Waals surface area (Å²) in [5.41, 5.74) is 1.26. The average molecular weight is 460 g/mol. The van der Waals surface area contributed by atoms with Crippen molar-refractivity contribution >= 4 is 38.8 Å². The number of pyridine rings is 1. The lowest BCUT2D eigenvalue weighted by molar-refractivity contribution is -0.119. The Hall–Kier alpha value is -2.85. The predicted molar refractivity (Wildman–Crippen MR) is 125 cm³/mol. The SMILES string of the molecule is COc1ccc(S(C)(=O)=O)cc1Nc1ccc2c(n1)N(C1CCNCC1)[C@H](C)C(=O)N2C. The van der Waals surface area contributed by atoms with E-state index in [9.17, 15) is 13.2 Å². The summed E-state index contributed by atoms with van der Waals surface area (Å²) in [7, 11) is -0.0768. The second-order valence-corrected chi connectivity index (χ2v) is 10.3. The molecule has 3 heterocycles. The lowest BCUT2D eigenvalue weighted by atomic mass is 10.00. The third-order valence-corrected chi connectivity index (χ3v) is 7.24. The fraction of sp³-hybridized carbons (Fsp3) is 0.455. The molecular formula is C22H29N5O4S. The molecule has 4 rings (SSSR count). The van der Waals surface area contributed by atoms with Crippen LogP contribution < -0.4 is 25.2 Å². The van der Waals surface area contributed by atoms with Crippen molar-refractivity contribution in [2.24, 2.45) is 0 Å². The summed E-state index contributed by atoms with van der Waals surface area (Å²) in [6, 6.07) is 8.22. The topological polar surface area (TPSA) is 104 Å². The van der Waals surface area contributed by atoms with Crippen LogP contribution in [0.15, 0.2) is 35.2 Å². The molecule has 0 spiro atoms. The molecule has 0 bridgehead atoms. The van der Waals surface area contributed by atoms with Crippen LogP contribution in [0.3, 0.4) is 0 Å². The fourth-order valence-corrected chi connectivity index (χ4v) is 5.04. The second kappa shape index (κ2) is 8.59. The van der Waals surface area contributed by atoms with E-state index in [0.717, 1.165) is 37.4 Å². The first-order chi connectivity index (χ1) is 15.2. The van der Waals surface area contributed by atoms with Gasteiger partial charge in [0.05, 0.1) is 23.4 Å². The minimum absolute atomic E-state index is 0.0427. The smallest absolute Gasteiger partial charge is 0.249 e. The Morgan fingerprint density at radius 3 is 2.56 bits per heavy atom. The number of hydrogen-bond donors (Lipinski definition) is 2. The third kappa shape index (κ3) is 4.12. The zero-order valence-corrected chi connectivity index (χ0v) is 19.6. The van der Waals surface area contributed by atoms with Gasteiger partial charge in [0.1, 0.15) is 17.6 Å². The minimum atomic E-state index is -3.38. The van der Waals surface area contributed by atoms with Crippen LogP contribution in [0.5, 0.6) is 5.75 Å².